The fourth-order valence-electron chi connectivity index (χ4n) is 0.835. The number of hydrogen-bond donors (Lipinski definition) is 3. The summed E-state index contributed by atoms with van der Waals surface area (Å²) in [6, 6.07) is 0. The summed E-state index contributed by atoms with van der Waals surface area (Å²) in [5.74, 6) is -0.439. The lowest BCUT2D eigenvalue weighted by molar-refractivity contribution is -0.144. The predicted molar refractivity (Wildman–Crippen MR) is 62.4 cm³/mol. The maximum absolute atomic E-state index is 11.4. The van der Waals surface area contributed by atoms with Crippen LogP contribution in [0.3, 0.4) is 0 Å². The number of hydrogen-bond acceptors (Lipinski definition) is 4. The number of thiol groups is 2. The number of hydrazine groups is 1. The molecule has 0 atom stereocenters. The summed E-state index contributed by atoms with van der Waals surface area (Å²) in [5.41, 5.74) is 2.02. The minimum atomic E-state index is -0.460. The molecular formula is C8H16N2O2S2. The van der Waals surface area contributed by atoms with Gasteiger partial charge in [-0.1, -0.05) is 0 Å². The number of carbonyl (C=O) groups is 2. The maximum Gasteiger partial charge on any atom is 0.251 e. The van der Waals surface area contributed by atoms with Gasteiger partial charge in [0.2, 0.25) is 5.91 Å². The monoisotopic (exact) mass is 236 g/mol. The van der Waals surface area contributed by atoms with Gasteiger partial charge in [-0.25, -0.2) is 5.01 Å². The number of amides is 2. The van der Waals surface area contributed by atoms with Crippen molar-refractivity contribution in [1.29, 1.82) is 0 Å². The van der Waals surface area contributed by atoms with Crippen LogP contribution in [0.15, 0.2) is 0 Å². The zero-order chi connectivity index (χ0) is 11.4. The molecule has 0 unspecified atom stereocenters. The first-order valence-corrected chi connectivity index (χ1v) is 5.43. The molecule has 14 heavy (non-hydrogen) atoms. The van der Waals surface area contributed by atoms with E-state index in [4.69, 9.17) is 0 Å². The molecule has 0 rings (SSSR count). The average molecular weight is 236 g/mol. The molecule has 0 saturated heterocycles. The van der Waals surface area contributed by atoms with Crippen LogP contribution in [-0.4, -0.2) is 33.9 Å². The van der Waals surface area contributed by atoms with Crippen molar-refractivity contribution in [2.24, 2.45) is 0 Å². The molecule has 2 amide bonds. The third-order valence-electron chi connectivity index (χ3n) is 1.44. The molecular weight excluding hydrogens is 220 g/mol. The Kier molecular flexibility index (Phi) is 5.36. The summed E-state index contributed by atoms with van der Waals surface area (Å²) in [4.78, 5) is 22.5. The summed E-state index contributed by atoms with van der Waals surface area (Å²) < 4.78 is 0. The van der Waals surface area contributed by atoms with Crippen molar-refractivity contribution in [3.8, 4) is 0 Å². The van der Waals surface area contributed by atoms with Crippen LogP contribution in [-0.2, 0) is 9.59 Å². The van der Waals surface area contributed by atoms with Crippen molar-refractivity contribution in [1.82, 2.24) is 10.4 Å². The SMILES string of the molecule is CC(C)(C)N(NC(=O)CS)C(=O)CS. The van der Waals surface area contributed by atoms with E-state index in [1.54, 1.807) is 0 Å². The lowest BCUT2D eigenvalue weighted by Gasteiger charge is -2.35. The van der Waals surface area contributed by atoms with Gasteiger partial charge >= 0.3 is 0 Å². The van der Waals surface area contributed by atoms with Gasteiger partial charge in [0.25, 0.3) is 5.91 Å². The van der Waals surface area contributed by atoms with Crippen LogP contribution >= 0.6 is 25.3 Å². The van der Waals surface area contributed by atoms with Crippen LogP contribution in [0.4, 0.5) is 0 Å². The molecule has 0 aliphatic rings. The van der Waals surface area contributed by atoms with Crippen molar-refractivity contribution in [2.75, 3.05) is 11.5 Å². The molecule has 0 heterocycles. The molecule has 0 fully saturated rings. The minimum Gasteiger partial charge on any atom is -0.272 e. The Morgan fingerprint density at radius 1 is 1.21 bits per heavy atom. The van der Waals surface area contributed by atoms with Crippen LogP contribution in [0, 0.1) is 0 Å². The molecule has 0 aliphatic carbocycles. The maximum atomic E-state index is 11.4. The molecule has 0 radical (unpaired) electrons. The fraction of sp³-hybridized carbons (Fsp3) is 0.750. The Morgan fingerprint density at radius 2 is 1.71 bits per heavy atom. The Bertz CT molecular complexity index is 226. The fourth-order valence-corrected chi connectivity index (χ4v) is 1.05. The molecule has 0 spiro atoms. The Balaban J connectivity index is 4.58. The first-order chi connectivity index (χ1) is 6.32. The van der Waals surface area contributed by atoms with Gasteiger partial charge in [0.15, 0.2) is 0 Å². The summed E-state index contributed by atoms with van der Waals surface area (Å²) in [5, 5.41) is 1.28. The van der Waals surface area contributed by atoms with E-state index < -0.39 is 5.54 Å². The Hall–Kier alpha value is -0.360. The molecule has 0 aromatic heterocycles. The lowest BCUT2D eigenvalue weighted by atomic mass is 10.1. The number of carbonyl (C=O) groups excluding carboxylic acids is 2. The van der Waals surface area contributed by atoms with Gasteiger partial charge in [-0.15, -0.1) is 0 Å². The second kappa shape index (κ2) is 5.50. The smallest absolute Gasteiger partial charge is 0.251 e. The van der Waals surface area contributed by atoms with Crippen LogP contribution in [0.1, 0.15) is 20.8 Å². The van der Waals surface area contributed by atoms with E-state index in [1.165, 1.54) is 5.01 Å². The van der Waals surface area contributed by atoms with Gasteiger partial charge in [0, 0.05) is 0 Å². The molecule has 0 saturated carbocycles. The van der Waals surface area contributed by atoms with E-state index in [-0.39, 0.29) is 23.3 Å². The van der Waals surface area contributed by atoms with E-state index in [9.17, 15) is 9.59 Å². The molecule has 0 aromatic carbocycles. The first-order valence-electron chi connectivity index (χ1n) is 4.17. The largest absolute Gasteiger partial charge is 0.272 e. The van der Waals surface area contributed by atoms with E-state index >= 15 is 0 Å². The molecule has 0 aliphatic heterocycles. The molecule has 6 heteroatoms. The molecule has 1 N–H and O–H groups in total. The van der Waals surface area contributed by atoms with Gasteiger partial charge < -0.3 is 0 Å². The Labute approximate surface area is 95.2 Å². The molecule has 4 nitrogen and oxygen atoms in total. The normalized spacial score (nSPS) is 10.9. The highest BCUT2D eigenvalue weighted by Gasteiger charge is 2.26. The van der Waals surface area contributed by atoms with Crippen LogP contribution in [0.2, 0.25) is 0 Å². The number of rotatable bonds is 2. The quantitative estimate of drug-likeness (QED) is 0.483. The van der Waals surface area contributed by atoms with Gasteiger partial charge in [-0.05, 0) is 20.8 Å². The van der Waals surface area contributed by atoms with Gasteiger partial charge in [0.1, 0.15) is 0 Å². The summed E-state index contributed by atoms with van der Waals surface area (Å²) in [6.07, 6.45) is 0. The average Bonchev–Trinajstić information content (AvgIpc) is 2.10. The first kappa shape index (κ1) is 13.6. The Morgan fingerprint density at radius 3 is 2.00 bits per heavy atom. The van der Waals surface area contributed by atoms with Gasteiger partial charge in [0.05, 0.1) is 17.0 Å². The van der Waals surface area contributed by atoms with Crippen LogP contribution in [0.5, 0.6) is 0 Å². The summed E-state index contributed by atoms with van der Waals surface area (Å²) >= 11 is 7.69. The molecule has 0 bridgehead atoms. The minimum absolute atomic E-state index is 0.0480. The van der Waals surface area contributed by atoms with Crippen molar-refractivity contribution in [3.05, 3.63) is 0 Å². The third-order valence-corrected chi connectivity index (χ3v) is 1.99. The van der Waals surface area contributed by atoms with E-state index in [2.05, 4.69) is 30.7 Å². The van der Waals surface area contributed by atoms with E-state index in [1.807, 2.05) is 20.8 Å². The topological polar surface area (TPSA) is 49.4 Å². The molecule has 0 aromatic rings. The highest BCUT2D eigenvalue weighted by Crippen LogP contribution is 2.10. The number of nitrogens with zero attached hydrogens (tertiary/aromatic N) is 1. The predicted octanol–water partition coefficient (Wildman–Crippen LogP) is 0.504. The van der Waals surface area contributed by atoms with Gasteiger partial charge in [-0.3, -0.25) is 15.0 Å². The second-order valence-electron chi connectivity index (χ2n) is 3.75. The highest BCUT2D eigenvalue weighted by atomic mass is 32.1. The summed E-state index contributed by atoms with van der Waals surface area (Å²) in [6.45, 7) is 5.48. The van der Waals surface area contributed by atoms with Crippen molar-refractivity contribution < 1.29 is 9.59 Å². The van der Waals surface area contributed by atoms with Crippen molar-refractivity contribution >= 4 is 37.1 Å². The van der Waals surface area contributed by atoms with Crippen molar-refractivity contribution in [2.45, 2.75) is 26.3 Å². The third kappa shape index (κ3) is 4.23. The standard InChI is InChI=1S/C8H16N2O2S2/c1-8(2,3)10(7(12)5-14)9-6(11)4-13/h13-14H,4-5H2,1-3H3,(H,9,11). The summed E-state index contributed by atoms with van der Waals surface area (Å²) in [7, 11) is 0. The van der Waals surface area contributed by atoms with Gasteiger partial charge in [-0.2, -0.15) is 25.3 Å². The van der Waals surface area contributed by atoms with Crippen LogP contribution < -0.4 is 5.43 Å². The highest BCUT2D eigenvalue weighted by molar-refractivity contribution is 7.81. The van der Waals surface area contributed by atoms with E-state index in [0.717, 1.165) is 0 Å². The number of nitrogens with one attached hydrogen (secondary N) is 1. The van der Waals surface area contributed by atoms with Crippen molar-refractivity contribution in [3.63, 3.8) is 0 Å². The van der Waals surface area contributed by atoms with E-state index in [0.29, 0.717) is 0 Å². The zero-order valence-corrected chi connectivity index (χ0v) is 10.4. The second-order valence-corrected chi connectivity index (χ2v) is 4.38. The van der Waals surface area contributed by atoms with Crippen LogP contribution in [0.25, 0.3) is 0 Å². The molecule has 82 valence electrons. The lowest BCUT2D eigenvalue weighted by Crippen LogP contribution is -2.56. The zero-order valence-electron chi connectivity index (χ0n) is 8.57.